The molecule has 0 aliphatic carbocycles. The number of carbonyl (C=O) groups is 1. The largest absolute Gasteiger partial charge is 0.289 e. The van der Waals surface area contributed by atoms with Gasteiger partial charge in [0.1, 0.15) is 0 Å². The molecule has 0 N–H and O–H groups in total. The van der Waals surface area contributed by atoms with E-state index in [0.29, 0.717) is 0 Å². The molecule has 0 spiro atoms. The third-order valence-electron chi connectivity index (χ3n) is 4.06. The van der Waals surface area contributed by atoms with Gasteiger partial charge >= 0.3 is 0 Å². The monoisotopic (exact) mass is 292 g/mol. The summed E-state index contributed by atoms with van der Waals surface area (Å²) in [5.41, 5.74) is 8.92. The molecule has 0 saturated heterocycles. The molecule has 0 fully saturated rings. The van der Waals surface area contributed by atoms with E-state index in [0.717, 1.165) is 22.3 Å². The summed E-state index contributed by atoms with van der Waals surface area (Å²) in [6.45, 7) is 12.3. The standard InChI is InChI=1S/C21H24O/c1-13-9-15(3)19(16(4)10-13)7-8-20(22)21-17(5)11-14(2)12-18(21)6/h7-12H,1-6H3/b8-7+. The molecule has 1 heteroatoms. The van der Waals surface area contributed by atoms with E-state index >= 15 is 0 Å². The van der Waals surface area contributed by atoms with Crippen LogP contribution in [0.5, 0.6) is 0 Å². The Morgan fingerprint density at radius 3 is 1.59 bits per heavy atom. The third-order valence-corrected chi connectivity index (χ3v) is 4.06. The quantitative estimate of drug-likeness (QED) is 0.544. The summed E-state index contributed by atoms with van der Waals surface area (Å²) in [7, 11) is 0. The summed E-state index contributed by atoms with van der Waals surface area (Å²) in [6.07, 6.45) is 3.65. The van der Waals surface area contributed by atoms with E-state index < -0.39 is 0 Å². The van der Waals surface area contributed by atoms with Gasteiger partial charge in [-0.3, -0.25) is 4.79 Å². The van der Waals surface area contributed by atoms with Crippen molar-refractivity contribution in [2.75, 3.05) is 0 Å². The van der Waals surface area contributed by atoms with Crippen LogP contribution in [-0.2, 0) is 0 Å². The molecule has 0 aliphatic heterocycles. The predicted molar refractivity (Wildman–Crippen MR) is 94.7 cm³/mol. The van der Waals surface area contributed by atoms with Gasteiger partial charge in [0.05, 0.1) is 0 Å². The summed E-state index contributed by atoms with van der Waals surface area (Å²) >= 11 is 0. The Balaban J connectivity index is 2.38. The van der Waals surface area contributed by atoms with Crippen LogP contribution in [0.4, 0.5) is 0 Å². The first-order chi connectivity index (χ1) is 10.3. The van der Waals surface area contributed by atoms with E-state index in [4.69, 9.17) is 0 Å². The molecule has 0 aliphatic rings. The Morgan fingerprint density at radius 1 is 0.727 bits per heavy atom. The Hall–Kier alpha value is -2.15. The van der Waals surface area contributed by atoms with Gasteiger partial charge < -0.3 is 0 Å². The predicted octanol–water partition coefficient (Wildman–Crippen LogP) is 5.43. The van der Waals surface area contributed by atoms with Gasteiger partial charge in [0.15, 0.2) is 5.78 Å². The van der Waals surface area contributed by atoms with Gasteiger partial charge in [0, 0.05) is 5.56 Å². The number of aryl methyl sites for hydroxylation is 6. The molecule has 2 rings (SSSR count). The van der Waals surface area contributed by atoms with Crippen LogP contribution in [-0.4, -0.2) is 5.78 Å². The molecule has 0 bridgehead atoms. The van der Waals surface area contributed by atoms with Crippen molar-refractivity contribution in [1.82, 2.24) is 0 Å². The number of allylic oxidation sites excluding steroid dienone is 1. The molecule has 0 saturated carbocycles. The Morgan fingerprint density at radius 2 is 1.14 bits per heavy atom. The topological polar surface area (TPSA) is 17.1 Å². The van der Waals surface area contributed by atoms with Crippen LogP contribution in [0.25, 0.3) is 6.08 Å². The van der Waals surface area contributed by atoms with Crippen molar-refractivity contribution in [3.63, 3.8) is 0 Å². The van der Waals surface area contributed by atoms with Crippen molar-refractivity contribution >= 4 is 11.9 Å². The van der Waals surface area contributed by atoms with Gasteiger partial charge in [0.2, 0.25) is 0 Å². The van der Waals surface area contributed by atoms with Crippen molar-refractivity contribution in [2.24, 2.45) is 0 Å². The maximum Gasteiger partial charge on any atom is 0.186 e. The van der Waals surface area contributed by atoms with Crippen LogP contribution in [0, 0.1) is 41.5 Å². The highest BCUT2D eigenvalue weighted by Crippen LogP contribution is 2.20. The highest BCUT2D eigenvalue weighted by molar-refractivity contribution is 6.08. The van der Waals surface area contributed by atoms with Crippen LogP contribution in [0.2, 0.25) is 0 Å². The number of rotatable bonds is 3. The Labute approximate surface area is 133 Å². The number of benzene rings is 2. The fourth-order valence-corrected chi connectivity index (χ4v) is 3.27. The summed E-state index contributed by atoms with van der Waals surface area (Å²) < 4.78 is 0. The SMILES string of the molecule is Cc1cc(C)c(/C=C/C(=O)c2c(C)cc(C)cc2C)c(C)c1. The highest BCUT2D eigenvalue weighted by Gasteiger charge is 2.10. The number of carbonyl (C=O) groups excluding carboxylic acids is 1. The average molecular weight is 292 g/mol. The van der Waals surface area contributed by atoms with Gasteiger partial charge in [-0.25, -0.2) is 0 Å². The minimum Gasteiger partial charge on any atom is -0.289 e. The molecule has 0 atom stereocenters. The molecule has 0 amide bonds. The minimum atomic E-state index is 0.0781. The zero-order chi connectivity index (χ0) is 16.4. The first-order valence-electron chi connectivity index (χ1n) is 7.67. The maximum absolute atomic E-state index is 12.6. The summed E-state index contributed by atoms with van der Waals surface area (Å²) in [5, 5.41) is 0. The Kier molecular flexibility index (Phi) is 4.65. The zero-order valence-electron chi connectivity index (χ0n) is 14.4. The fourth-order valence-electron chi connectivity index (χ4n) is 3.27. The summed E-state index contributed by atoms with van der Waals surface area (Å²) in [5.74, 6) is 0.0781. The lowest BCUT2D eigenvalue weighted by atomic mass is 9.95. The van der Waals surface area contributed by atoms with Crippen LogP contribution in [0.3, 0.4) is 0 Å². The molecular weight excluding hydrogens is 268 g/mol. The first-order valence-corrected chi connectivity index (χ1v) is 7.67. The molecular formula is C21H24O. The second-order valence-electron chi connectivity index (χ2n) is 6.28. The number of hydrogen-bond acceptors (Lipinski definition) is 1. The van der Waals surface area contributed by atoms with Crippen molar-refractivity contribution < 1.29 is 4.79 Å². The fraction of sp³-hybridized carbons (Fsp3) is 0.286. The maximum atomic E-state index is 12.6. The molecule has 22 heavy (non-hydrogen) atoms. The number of ketones is 1. The van der Waals surface area contributed by atoms with Crippen LogP contribution in [0.15, 0.2) is 30.3 Å². The molecule has 0 heterocycles. The van der Waals surface area contributed by atoms with Crippen LogP contribution >= 0.6 is 0 Å². The highest BCUT2D eigenvalue weighted by atomic mass is 16.1. The van der Waals surface area contributed by atoms with E-state index in [1.165, 1.54) is 22.3 Å². The summed E-state index contributed by atoms with van der Waals surface area (Å²) in [4.78, 5) is 12.6. The lowest BCUT2D eigenvalue weighted by molar-refractivity contribution is 0.104. The van der Waals surface area contributed by atoms with Gasteiger partial charge in [-0.2, -0.15) is 0 Å². The number of hydrogen-bond donors (Lipinski definition) is 0. The molecule has 0 radical (unpaired) electrons. The van der Waals surface area contributed by atoms with Crippen molar-refractivity contribution in [2.45, 2.75) is 41.5 Å². The van der Waals surface area contributed by atoms with Crippen LogP contribution < -0.4 is 0 Å². The minimum absolute atomic E-state index is 0.0781. The van der Waals surface area contributed by atoms with Crippen LogP contribution in [0.1, 0.15) is 49.3 Å². The van der Waals surface area contributed by atoms with Gasteiger partial charge in [-0.15, -0.1) is 0 Å². The molecule has 114 valence electrons. The Bertz CT molecular complexity index is 717. The van der Waals surface area contributed by atoms with Crippen molar-refractivity contribution in [3.8, 4) is 0 Å². The molecule has 0 aromatic heterocycles. The molecule has 2 aromatic carbocycles. The molecule has 1 nitrogen and oxygen atoms in total. The lowest BCUT2D eigenvalue weighted by Gasteiger charge is -2.09. The molecule has 2 aromatic rings. The van der Waals surface area contributed by atoms with E-state index in [2.05, 4.69) is 52.0 Å². The van der Waals surface area contributed by atoms with Gasteiger partial charge in [-0.05, 0) is 75.4 Å². The van der Waals surface area contributed by atoms with E-state index in [1.807, 2.05) is 19.9 Å². The first kappa shape index (κ1) is 16.2. The molecule has 0 unspecified atom stereocenters. The average Bonchev–Trinajstić information content (AvgIpc) is 2.35. The van der Waals surface area contributed by atoms with Gasteiger partial charge in [0.25, 0.3) is 0 Å². The zero-order valence-corrected chi connectivity index (χ0v) is 14.4. The van der Waals surface area contributed by atoms with Crippen molar-refractivity contribution in [3.05, 3.63) is 74.8 Å². The summed E-state index contributed by atoms with van der Waals surface area (Å²) in [6, 6.07) is 8.44. The second kappa shape index (κ2) is 6.31. The normalized spacial score (nSPS) is 11.2. The van der Waals surface area contributed by atoms with E-state index in [9.17, 15) is 4.79 Å². The van der Waals surface area contributed by atoms with E-state index in [-0.39, 0.29) is 5.78 Å². The van der Waals surface area contributed by atoms with Crippen molar-refractivity contribution in [1.29, 1.82) is 0 Å². The van der Waals surface area contributed by atoms with Gasteiger partial charge in [-0.1, -0.05) is 41.5 Å². The lowest BCUT2D eigenvalue weighted by Crippen LogP contribution is -2.02. The third kappa shape index (κ3) is 3.36. The smallest absolute Gasteiger partial charge is 0.186 e. The second-order valence-corrected chi connectivity index (χ2v) is 6.28. The van der Waals surface area contributed by atoms with E-state index in [1.54, 1.807) is 6.08 Å².